The molecule has 2 atom stereocenters. The molecular weight excluding hydrogens is 464 g/mol. The third-order valence-corrected chi connectivity index (χ3v) is 7.79. The van der Waals surface area contributed by atoms with Gasteiger partial charge in [0.25, 0.3) is 0 Å². The normalized spacial score (nSPS) is 14.3. The van der Waals surface area contributed by atoms with Crippen molar-refractivity contribution in [3.8, 4) is 0 Å². The van der Waals surface area contributed by atoms with Gasteiger partial charge in [-0.2, -0.15) is 0 Å². The van der Waals surface area contributed by atoms with Crippen molar-refractivity contribution in [3.63, 3.8) is 0 Å². The van der Waals surface area contributed by atoms with E-state index in [2.05, 4.69) is 30.3 Å². The van der Waals surface area contributed by atoms with E-state index in [-0.39, 0.29) is 24.2 Å². The molecule has 9 heteroatoms. The molecule has 2 N–H and O–H groups in total. The summed E-state index contributed by atoms with van der Waals surface area (Å²) in [6.07, 6.45) is 3.00. The summed E-state index contributed by atoms with van der Waals surface area (Å²) >= 11 is 7.82. The van der Waals surface area contributed by atoms with Crippen molar-refractivity contribution in [2.75, 3.05) is 6.54 Å². The number of hydrogen-bond donors (Lipinski definition) is 2. The van der Waals surface area contributed by atoms with Gasteiger partial charge >= 0.3 is 14.5 Å². The van der Waals surface area contributed by atoms with E-state index in [0.717, 1.165) is 21.9 Å². The van der Waals surface area contributed by atoms with Crippen LogP contribution < -0.4 is 5.32 Å². The van der Waals surface area contributed by atoms with Gasteiger partial charge in [0, 0.05) is 35.1 Å². The van der Waals surface area contributed by atoms with Crippen molar-refractivity contribution in [3.05, 3.63) is 50.9 Å². The maximum absolute atomic E-state index is 10.8. The summed E-state index contributed by atoms with van der Waals surface area (Å²) in [5.74, 6) is -0.788. The number of nitrogens with zero attached hydrogens (tertiary/aromatic N) is 1. The van der Waals surface area contributed by atoms with Crippen LogP contribution in [-0.2, 0) is 26.5 Å². The lowest BCUT2D eigenvalue weighted by molar-refractivity contribution is -0.136. The smallest absolute Gasteiger partial charge is 0.332 e. The van der Waals surface area contributed by atoms with Crippen LogP contribution in [0.5, 0.6) is 0 Å². The first kappa shape index (κ1) is 27.0. The van der Waals surface area contributed by atoms with Crippen LogP contribution >= 0.6 is 22.9 Å². The number of aromatic nitrogens is 1. The SMILES string of the molecule is CC(Cc1ncc(CCC(=O)O)s1)NC[C@H](O[Si](C)(C)OC(C)(C)C)c1cccc(Cl)c1. The molecule has 0 radical (unpaired) electrons. The number of nitrogens with one attached hydrogen (secondary N) is 1. The lowest BCUT2D eigenvalue weighted by atomic mass is 10.1. The van der Waals surface area contributed by atoms with Crippen molar-refractivity contribution >= 4 is 37.5 Å². The fourth-order valence-electron chi connectivity index (χ4n) is 3.47. The number of hydrogen-bond acceptors (Lipinski definition) is 6. The van der Waals surface area contributed by atoms with Crippen molar-refractivity contribution in [1.82, 2.24) is 10.3 Å². The number of benzene rings is 1. The summed E-state index contributed by atoms with van der Waals surface area (Å²) in [5, 5.41) is 14.1. The molecule has 1 heterocycles. The number of rotatable bonds is 12. The maximum atomic E-state index is 10.8. The zero-order valence-electron chi connectivity index (χ0n) is 19.8. The van der Waals surface area contributed by atoms with Crippen molar-refractivity contribution < 1.29 is 18.8 Å². The second-order valence-corrected chi connectivity index (χ2v) is 14.3. The molecule has 1 unspecified atom stereocenters. The van der Waals surface area contributed by atoms with Crippen LogP contribution in [-0.4, -0.2) is 42.8 Å². The van der Waals surface area contributed by atoms with E-state index in [1.54, 1.807) is 17.5 Å². The molecule has 0 aliphatic heterocycles. The maximum Gasteiger partial charge on any atom is 0.332 e. The highest BCUT2D eigenvalue weighted by molar-refractivity contribution is 7.11. The summed E-state index contributed by atoms with van der Waals surface area (Å²) in [4.78, 5) is 16.2. The highest BCUT2D eigenvalue weighted by Crippen LogP contribution is 2.27. The minimum Gasteiger partial charge on any atom is -0.481 e. The average molecular weight is 499 g/mol. The van der Waals surface area contributed by atoms with E-state index in [4.69, 9.17) is 25.6 Å². The number of aryl methyl sites for hydroxylation is 1. The lowest BCUT2D eigenvalue weighted by Crippen LogP contribution is -2.45. The van der Waals surface area contributed by atoms with E-state index in [1.165, 1.54) is 0 Å². The number of thiazole rings is 1. The van der Waals surface area contributed by atoms with Crippen LogP contribution in [0.1, 0.15) is 55.7 Å². The number of aliphatic carboxylic acids is 1. The zero-order chi connectivity index (χ0) is 23.9. The van der Waals surface area contributed by atoms with Crippen molar-refractivity contribution in [2.45, 2.75) is 77.8 Å². The van der Waals surface area contributed by atoms with Crippen LogP contribution in [0.15, 0.2) is 30.5 Å². The van der Waals surface area contributed by atoms with Gasteiger partial charge in [-0.25, -0.2) is 4.98 Å². The highest BCUT2D eigenvalue weighted by Gasteiger charge is 2.34. The van der Waals surface area contributed by atoms with Crippen LogP contribution in [0, 0.1) is 0 Å². The van der Waals surface area contributed by atoms with Gasteiger partial charge in [0.05, 0.1) is 23.1 Å². The van der Waals surface area contributed by atoms with Gasteiger partial charge in [-0.3, -0.25) is 4.79 Å². The van der Waals surface area contributed by atoms with Crippen LogP contribution in [0.4, 0.5) is 0 Å². The Morgan fingerprint density at radius 1 is 1.34 bits per heavy atom. The van der Waals surface area contributed by atoms with Crippen molar-refractivity contribution in [1.29, 1.82) is 0 Å². The highest BCUT2D eigenvalue weighted by atomic mass is 35.5. The fraction of sp³-hybridized carbons (Fsp3) is 0.565. The summed E-state index contributed by atoms with van der Waals surface area (Å²) in [7, 11) is -2.40. The van der Waals surface area contributed by atoms with Gasteiger partial charge < -0.3 is 19.3 Å². The Morgan fingerprint density at radius 3 is 2.69 bits per heavy atom. The predicted molar refractivity (Wildman–Crippen MR) is 133 cm³/mol. The molecule has 2 rings (SSSR count). The van der Waals surface area contributed by atoms with Gasteiger partial charge in [-0.05, 0) is 64.9 Å². The second kappa shape index (κ2) is 11.7. The van der Waals surface area contributed by atoms with E-state index in [1.807, 2.05) is 45.0 Å². The molecule has 1 aromatic carbocycles. The van der Waals surface area contributed by atoms with Gasteiger partial charge in [0.1, 0.15) is 0 Å². The Hall–Kier alpha value is -1.29. The fourth-order valence-corrected chi connectivity index (χ4v) is 7.15. The molecule has 0 bridgehead atoms. The average Bonchev–Trinajstić information content (AvgIpc) is 3.08. The Labute approximate surface area is 201 Å². The lowest BCUT2D eigenvalue weighted by Gasteiger charge is -2.35. The molecule has 0 aliphatic rings. The van der Waals surface area contributed by atoms with E-state index < -0.39 is 14.5 Å². The third-order valence-electron chi connectivity index (χ3n) is 4.52. The Morgan fingerprint density at radius 2 is 2.06 bits per heavy atom. The molecule has 2 aromatic rings. The predicted octanol–water partition coefficient (Wildman–Crippen LogP) is 5.61. The molecule has 0 fully saturated rings. The van der Waals surface area contributed by atoms with Crippen molar-refractivity contribution in [2.24, 2.45) is 0 Å². The molecule has 0 spiro atoms. The first-order valence-corrected chi connectivity index (χ1v) is 14.9. The Bertz CT molecular complexity index is 885. The second-order valence-electron chi connectivity index (χ2n) is 9.40. The molecule has 32 heavy (non-hydrogen) atoms. The minimum atomic E-state index is -2.40. The number of carbonyl (C=O) groups is 1. The summed E-state index contributed by atoms with van der Waals surface area (Å²) in [6, 6.07) is 7.93. The largest absolute Gasteiger partial charge is 0.481 e. The number of carboxylic acid groups (broad SMARTS) is 1. The molecule has 0 amide bonds. The first-order valence-electron chi connectivity index (χ1n) is 10.9. The van der Waals surface area contributed by atoms with E-state index in [0.29, 0.717) is 18.0 Å². The molecule has 6 nitrogen and oxygen atoms in total. The van der Waals surface area contributed by atoms with Gasteiger partial charge in [0.2, 0.25) is 0 Å². The van der Waals surface area contributed by atoms with Crippen LogP contribution in [0.2, 0.25) is 18.1 Å². The molecule has 0 saturated heterocycles. The third kappa shape index (κ3) is 10.1. The van der Waals surface area contributed by atoms with Crippen LogP contribution in [0.3, 0.4) is 0 Å². The monoisotopic (exact) mass is 498 g/mol. The minimum absolute atomic E-state index is 0.129. The van der Waals surface area contributed by atoms with Crippen LogP contribution in [0.25, 0.3) is 0 Å². The summed E-state index contributed by atoms with van der Waals surface area (Å²) in [5.41, 5.74) is 0.735. The van der Waals surface area contributed by atoms with E-state index >= 15 is 0 Å². The van der Waals surface area contributed by atoms with Gasteiger partial charge in [-0.15, -0.1) is 11.3 Å². The summed E-state index contributed by atoms with van der Waals surface area (Å²) < 4.78 is 12.8. The topological polar surface area (TPSA) is 80.7 Å². The van der Waals surface area contributed by atoms with Gasteiger partial charge in [0.15, 0.2) is 0 Å². The summed E-state index contributed by atoms with van der Waals surface area (Å²) in [6.45, 7) is 13.0. The molecule has 0 saturated carbocycles. The van der Waals surface area contributed by atoms with Gasteiger partial charge in [-0.1, -0.05) is 23.7 Å². The molecule has 0 aliphatic carbocycles. The quantitative estimate of drug-likeness (QED) is 0.370. The Balaban J connectivity index is 2.02. The first-order chi connectivity index (χ1) is 14.8. The molecule has 1 aromatic heterocycles. The van der Waals surface area contributed by atoms with E-state index in [9.17, 15) is 4.79 Å². The molecule has 178 valence electrons. The molecular formula is C23H35ClN2O4SSi. The number of halogens is 1. The standard InChI is InChI=1S/C23H35ClN2O4SSi/c1-16(12-21-26-14-19(31-21)10-11-22(27)28)25-15-20(17-8-7-9-18(24)13-17)29-32(5,6)30-23(2,3)4/h7-9,13-14,16,20,25H,10-12,15H2,1-6H3,(H,27,28)/t16?,20-/m0/s1. The zero-order valence-corrected chi connectivity index (χ0v) is 22.3. The number of carboxylic acids is 1. The Kier molecular flexibility index (Phi) is 9.87.